The molecule has 15 heavy (non-hydrogen) atoms. The van der Waals surface area contributed by atoms with Gasteiger partial charge in [-0.2, -0.15) is 4.98 Å². The van der Waals surface area contributed by atoms with Crippen LogP contribution in [0.25, 0.3) is 0 Å². The first-order valence-electron chi connectivity index (χ1n) is 4.20. The molecule has 0 unspecified atom stereocenters. The molecule has 0 saturated heterocycles. The molecule has 0 aliphatic carbocycles. The van der Waals surface area contributed by atoms with E-state index in [2.05, 4.69) is 20.9 Å². The highest BCUT2D eigenvalue weighted by Gasteiger charge is 2.05. The third kappa shape index (κ3) is 2.71. The Balaban J connectivity index is 2.24. The summed E-state index contributed by atoms with van der Waals surface area (Å²) in [5.74, 6) is 0.742. The number of halogens is 2. The molecule has 0 atom stereocenters. The highest BCUT2D eigenvalue weighted by atomic mass is 79.9. The number of ether oxygens (including phenoxy) is 1. The molecule has 5 heteroatoms. The molecule has 0 amide bonds. The first kappa shape index (κ1) is 10.9. The minimum atomic E-state index is 0.457. The van der Waals surface area contributed by atoms with E-state index in [4.69, 9.17) is 16.3 Å². The number of aryl methyl sites for hydroxylation is 1. The van der Waals surface area contributed by atoms with Gasteiger partial charge in [0.25, 0.3) is 5.19 Å². The fourth-order valence-corrected chi connectivity index (χ4v) is 2.44. The second-order valence-electron chi connectivity index (χ2n) is 2.97. The molecule has 2 nitrogen and oxygen atoms in total. The fourth-order valence-electron chi connectivity index (χ4n) is 1.07. The van der Waals surface area contributed by atoms with Gasteiger partial charge in [-0.3, -0.25) is 0 Å². The van der Waals surface area contributed by atoms with Gasteiger partial charge < -0.3 is 4.74 Å². The van der Waals surface area contributed by atoms with Crippen LogP contribution in [0.3, 0.4) is 0 Å². The Morgan fingerprint density at radius 2 is 2.27 bits per heavy atom. The molecule has 0 spiro atoms. The first-order valence-corrected chi connectivity index (χ1v) is 6.25. The van der Waals surface area contributed by atoms with E-state index in [1.807, 2.05) is 25.1 Å². The lowest BCUT2D eigenvalue weighted by Gasteiger charge is -2.04. The van der Waals surface area contributed by atoms with Crippen LogP contribution < -0.4 is 4.74 Å². The molecule has 2 aromatic rings. The molecular formula is C10H7BrClNOS. The second kappa shape index (κ2) is 4.51. The van der Waals surface area contributed by atoms with Crippen LogP contribution in [0.5, 0.6) is 10.9 Å². The second-order valence-corrected chi connectivity index (χ2v) is 5.03. The molecule has 2 rings (SSSR count). The van der Waals surface area contributed by atoms with Crippen molar-refractivity contribution in [1.82, 2.24) is 4.98 Å². The van der Waals surface area contributed by atoms with Crippen LogP contribution in [0.2, 0.25) is 5.15 Å². The van der Waals surface area contributed by atoms with Gasteiger partial charge in [0.15, 0.2) is 0 Å². The number of hydrogen-bond acceptors (Lipinski definition) is 3. The van der Waals surface area contributed by atoms with E-state index in [0.29, 0.717) is 10.3 Å². The fraction of sp³-hybridized carbons (Fsp3) is 0.100. The Kier molecular flexibility index (Phi) is 3.29. The minimum absolute atomic E-state index is 0.457. The summed E-state index contributed by atoms with van der Waals surface area (Å²) in [5.41, 5.74) is 1.17. The largest absolute Gasteiger partial charge is 0.430 e. The lowest BCUT2D eigenvalue weighted by Crippen LogP contribution is -1.85. The van der Waals surface area contributed by atoms with E-state index in [0.717, 1.165) is 10.2 Å². The zero-order valence-electron chi connectivity index (χ0n) is 7.83. The van der Waals surface area contributed by atoms with Crippen molar-refractivity contribution in [1.29, 1.82) is 0 Å². The average Bonchev–Trinajstić information content (AvgIpc) is 2.56. The molecule has 1 aromatic carbocycles. The summed E-state index contributed by atoms with van der Waals surface area (Å²) in [6, 6.07) is 5.87. The Morgan fingerprint density at radius 3 is 2.87 bits per heavy atom. The van der Waals surface area contributed by atoms with Crippen LogP contribution in [0.4, 0.5) is 0 Å². The van der Waals surface area contributed by atoms with Crippen LogP contribution in [0.1, 0.15) is 5.56 Å². The third-order valence-electron chi connectivity index (χ3n) is 1.74. The predicted octanol–water partition coefficient (Wildman–Crippen LogP) is 4.66. The van der Waals surface area contributed by atoms with E-state index in [1.54, 1.807) is 5.38 Å². The van der Waals surface area contributed by atoms with Gasteiger partial charge in [0.05, 0.1) is 4.47 Å². The summed E-state index contributed by atoms with van der Waals surface area (Å²) in [5, 5.41) is 2.74. The number of hydrogen-bond donors (Lipinski definition) is 0. The maximum absolute atomic E-state index is 5.70. The Bertz CT molecular complexity index is 486. The zero-order valence-corrected chi connectivity index (χ0v) is 11.0. The predicted molar refractivity (Wildman–Crippen MR) is 66.1 cm³/mol. The number of aromatic nitrogens is 1. The van der Waals surface area contributed by atoms with Crippen molar-refractivity contribution >= 4 is 38.9 Å². The topological polar surface area (TPSA) is 22.1 Å². The van der Waals surface area contributed by atoms with Crippen LogP contribution in [-0.4, -0.2) is 4.98 Å². The number of rotatable bonds is 2. The Morgan fingerprint density at radius 1 is 1.47 bits per heavy atom. The summed E-state index contributed by atoms with van der Waals surface area (Å²) in [6.45, 7) is 2.02. The summed E-state index contributed by atoms with van der Waals surface area (Å²) >= 11 is 10.5. The van der Waals surface area contributed by atoms with E-state index in [-0.39, 0.29) is 0 Å². The molecule has 0 saturated carbocycles. The van der Waals surface area contributed by atoms with Gasteiger partial charge in [-0.15, -0.1) is 0 Å². The van der Waals surface area contributed by atoms with Gasteiger partial charge in [0.1, 0.15) is 10.9 Å². The number of thiazole rings is 1. The smallest absolute Gasteiger partial charge is 0.280 e. The monoisotopic (exact) mass is 303 g/mol. The van der Waals surface area contributed by atoms with Crippen LogP contribution in [0, 0.1) is 6.92 Å². The van der Waals surface area contributed by atoms with Crippen LogP contribution in [0.15, 0.2) is 28.1 Å². The van der Waals surface area contributed by atoms with Crippen molar-refractivity contribution < 1.29 is 4.74 Å². The van der Waals surface area contributed by atoms with Crippen molar-refractivity contribution in [2.24, 2.45) is 0 Å². The van der Waals surface area contributed by atoms with E-state index in [9.17, 15) is 0 Å². The Hall–Kier alpha value is -0.580. The molecule has 78 valence electrons. The molecule has 0 bridgehead atoms. The molecular weight excluding hydrogens is 298 g/mol. The summed E-state index contributed by atoms with van der Waals surface area (Å²) < 4.78 is 6.47. The maximum Gasteiger partial charge on any atom is 0.280 e. The van der Waals surface area contributed by atoms with Crippen molar-refractivity contribution in [3.63, 3.8) is 0 Å². The molecule has 0 aliphatic heterocycles. The number of benzene rings is 1. The van der Waals surface area contributed by atoms with Gasteiger partial charge >= 0.3 is 0 Å². The van der Waals surface area contributed by atoms with Gasteiger partial charge in [0.2, 0.25) is 0 Å². The quantitative estimate of drug-likeness (QED) is 0.805. The van der Waals surface area contributed by atoms with Crippen LogP contribution in [-0.2, 0) is 0 Å². The summed E-state index contributed by atoms with van der Waals surface area (Å²) in [6.07, 6.45) is 0. The molecule has 0 radical (unpaired) electrons. The Labute approximate surface area is 105 Å². The molecule has 0 N–H and O–H groups in total. The van der Waals surface area contributed by atoms with Crippen molar-refractivity contribution in [3.05, 3.63) is 38.8 Å². The number of nitrogens with zero attached hydrogens (tertiary/aromatic N) is 1. The lowest BCUT2D eigenvalue weighted by molar-refractivity contribution is 0.476. The first-order chi connectivity index (χ1) is 7.15. The van der Waals surface area contributed by atoms with E-state index in [1.165, 1.54) is 16.9 Å². The van der Waals surface area contributed by atoms with E-state index >= 15 is 0 Å². The SMILES string of the molecule is Cc1ccc(Oc2nc(Cl)cs2)c(Br)c1. The van der Waals surface area contributed by atoms with Crippen molar-refractivity contribution in [3.8, 4) is 10.9 Å². The third-order valence-corrected chi connectivity index (χ3v) is 3.40. The normalized spacial score (nSPS) is 10.3. The van der Waals surface area contributed by atoms with Gasteiger partial charge in [-0.05, 0) is 40.5 Å². The summed E-state index contributed by atoms with van der Waals surface area (Å²) in [7, 11) is 0. The van der Waals surface area contributed by atoms with Crippen molar-refractivity contribution in [2.45, 2.75) is 6.92 Å². The lowest BCUT2D eigenvalue weighted by atomic mass is 10.2. The molecule has 0 aliphatic rings. The van der Waals surface area contributed by atoms with Crippen molar-refractivity contribution in [2.75, 3.05) is 0 Å². The van der Waals surface area contributed by atoms with Gasteiger partial charge in [-0.1, -0.05) is 29.0 Å². The van der Waals surface area contributed by atoms with Crippen LogP contribution >= 0.6 is 38.9 Å². The average molecular weight is 305 g/mol. The molecule has 1 heterocycles. The summed E-state index contributed by atoms with van der Waals surface area (Å²) in [4.78, 5) is 4.01. The molecule has 1 aromatic heterocycles. The zero-order chi connectivity index (χ0) is 10.8. The highest BCUT2D eigenvalue weighted by Crippen LogP contribution is 2.32. The highest BCUT2D eigenvalue weighted by molar-refractivity contribution is 9.10. The minimum Gasteiger partial charge on any atom is -0.430 e. The van der Waals surface area contributed by atoms with Gasteiger partial charge in [-0.25, -0.2) is 0 Å². The standard InChI is InChI=1S/C10H7BrClNOS/c1-6-2-3-8(7(11)4-6)14-10-13-9(12)5-15-10/h2-5H,1H3. The molecule has 0 fully saturated rings. The van der Waals surface area contributed by atoms with E-state index < -0.39 is 0 Å². The maximum atomic E-state index is 5.70. The van der Waals surface area contributed by atoms with Gasteiger partial charge in [0, 0.05) is 5.38 Å².